The SMILES string of the molecule is CN(CCc1ccccc1)C(=O)c1ccc(F)cc1O. The van der Waals surface area contributed by atoms with Crippen molar-refractivity contribution in [2.75, 3.05) is 13.6 Å². The molecule has 20 heavy (non-hydrogen) atoms. The van der Waals surface area contributed by atoms with E-state index in [1.807, 2.05) is 30.3 Å². The normalized spacial score (nSPS) is 10.3. The Labute approximate surface area is 117 Å². The molecule has 0 bridgehead atoms. The standard InChI is InChI=1S/C16H16FNO2/c1-18(10-9-12-5-3-2-4-6-12)16(20)14-8-7-13(17)11-15(14)19/h2-8,11,19H,9-10H2,1H3. The number of carbonyl (C=O) groups excluding carboxylic acids is 1. The summed E-state index contributed by atoms with van der Waals surface area (Å²) in [5.41, 5.74) is 1.25. The third-order valence-corrected chi connectivity index (χ3v) is 3.12. The molecule has 0 heterocycles. The largest absolute Gasteiger partial charge is 0.507 e. The van der Waals surface area contributed by atoms with Gasteiger partial charge in [-0.3, -0.25) is 4.79 Å². The summed E-state index contributed by atoms with van der Waals surface area (Å²) in [6.07, 6.45) is 0.727. The highest BCUT2D eigenvalue weighted by Gasteiger charge is 2.16. The first-order chi connectivity index (χ1) is 9.58. The number of phenols is 1. The number of carbonyl (C=O) groups is 1. The highest BCUT2D eigenvalue weighted by Crippen LogP contribution is 2.19. The first kappa shape index (κ1) is 14.1. The Bertz CT molecular complexity index is 599. The molecule has 0 saturated carbocycles. The van der Waals surface area contributed by atoms with E-state index < -0.39 is 5.82 Å². The summed E-state index contributed by atoms with van der Waals surface area (Å²) in [5, 5.41) is 9.61. The predicted molar refractivity (Wildman–Crippen MR) is 75.2 cm³/mol. The van der Waals surface area contributed by atoms with E-state index in [1.54, 1.807) is 7.05 Å². The summed E-state index contributed by atoms with van der Waals surface area (Å²) in [7, 11) is 1.66. The topological polar surface area (TPSA) is 40.5 Å². The maximum atomic E-state index is 12.9. The minimum absolute atomic E-state index is 0.113. The van der Waals surface area contributed by atoms with Crippen LogP contribution in [-0.4, -0.2) is 29.5 Å². The predicted octanol–water partition coefficient (Wildman–Crippen LogP) is 2.85. The van der Waals surface area contributed by atoms with Crippen LogP contribution >= 0.6 is 0 Å². The lowest BCUT2D eigenvalue weighted by Gasteiger charge is -2.17. The van der Waals surface area contributed by atoms with Crippen molar-refractivity contribution >= 4 is 5.91 Å². The summed E-state index contributed by atoms with van der Waals surface area (Å²) in [4.78, 5) is 13.7. The Hall–Kier alpha value is -2.36. The van der Waals surface area contributed by atoms with E-state index >= 15 is 0 Å². The minimum atomic E-state index is -0.564. The van der Waals surface area contributed by atoms with Crippen LogP contribution in [-0.2, 0) is 6.42 Å². The molecular weight excluding hydrogens is 257 g/mol. The van der Waals surface area contributed by atoms with Crippen molar-refractivity contribution in [2.45, 2.75) is 6.42 Å². The third-order valence-electron chi connectivity index (χ3n) is 3.12. The zero-order chi connectivity index (χ0) is 14.5. The molecule has 0 saturated heterocycles. The van der Waals surface area contributed by atoms with Crippen molar-refractivity contribution in [3.63, 3.8) is 0 Å². The number of aromatic hydroxyl groups is 1. The van der Waals surface area contributed by atoms with Gasteiger partial charge in [-0.2, -0.15) is 0 Å². The number of phenolic OH excluding ortho intramolecular Hbond substituents is 1. The smallest absolute Gasteiger partial charge is 0.257 e. The molecule has 0 radical (unpaired) electrons. The van der Waals surface area contributed by atoms with E-state index in [9.17, 15) is 14.3 Å². The average molecular weight is 273 g/mol. The Morgan fingerprint density at radius 1 is 1.20 bits per heavy atom. The maximum Gasteiger partial charge on any atom is 0.257 e. The molecular formula is C16H16FNO2. The van der Waals surface area contributed by atoms with Gasteiger partial charge in [-0.05, 0) is 24.1 Å². The quantitative estimate of drug-likeness (QED) is 0.930. The molecule has 0 unspecified atom stereocenters. The van der Waals surface area contributed by atoms with Crippen LogP contribution in [0.2, 0.25) is 0 Å². The van der Waals surface area contributed by atoms with Crippen molar-refractivity contribution in [2.24, 2.45) is 0 Å². The van der Waals surface area contributed by atoms with Crippen LogP contribution in [0.15, 0.2) is 48.5 Å². The number of amides is 1. The monoisotopic (exact) mass is 273 g/mol. The molecule has 0 fully saturated rings. The Morgan fingerprint density at radius 2 is 1.90 bits per heavy atom. The molecule has 0 atom stereocenters. The number of hydrogen-bond donors (Lipinski definition) is 1. The second-order valence-electron chi connectivity index (χ2n) is 4.62. The van der Waals surface area contributed by atoms with Gasteiger partial charge in [0.05, 0.1) is 5.56 Å². The average Bonchev–Trinajstić information content (AvgIpc) is 2.45. The van der Waals surface area contributed by atoms with Crippen molar-refractivity contribution in [1.29, 1.82) is 0 Å². The molecule has 0 aromatic heterocycles. The lowest BCUT2D eigenvalue weighted by atomic mass is 10.1. The van der Waals surface area contributed by atoms with Crippen LogP contribution in [0.4, 0.5) is 4.39 Å². The minimum Gasteiger partial charge on any atom is -0.507 e. The van der Waals surface area contributed by atoms with Crippen LogP contribution in [0.5, 0.6) is 5.75 Å². The third kappa shape index (κ3) is 3.35. The molecule has 0 aliphatic rings. The number of hydrogen-bond acceptors (Lipinski definition) is 2. The lowest BCUT2D eigenvalue weighted by molar-refractivity contribution is 0.0793. The van der Waals surface area contributed by atoms with Gasteiger partial charge in [0.15, 0.2) is 0 Å². The number of rotatable bonds is 4. The number of nitrogens with zero attached hydrogens (tertiary/aromatic N) is 1. The highest BCUT2D eigenvalue weighted by molar-refractivity contribution is 5.96. The van der Waals surface area contributed by atoms with Crippen LogP contribution in [0.3, 0.4) is 0 Å². The molecule has 104 valence electrons. The van der Waals surface area contributed by atoms with E-state index in [2.05, 4.69) is 0 Å². The summed E-state index contributed by atoms with van der Waals surface area (Å²) in [6.45, 7) is 0.527. The van der Waals surface area contributed by atoms with Gasteiger partial charge in [0.25, 0.3) is 5.91 Å². The van der Waals surface area contributed by atoms with Crippen LogP contribution in [0.1, 0.15) is 15.9 Å². The molecule has 0 aliphatic carbocycles. The van der Waals surface area contributed by atoms with E-state index in [-0.39, 0.29) is 17.2 Å². The van der Waals surface area contributed by atoms with Crippen LogP contribution in [0, 0.1) is 5.82 Å². The summed E-state index contributed by atoms with van der Waals surface area (Å²) < 4.78 is 12.9. The number of likely N-dealkylation sites (N-methyl/N-ethyl adjacent to an activating group) is 1. The molecule has 3 nitrogen and oxygen atoms in total. The fraction of sp³-hybridized carbons (Fsp3) is 0.188. The zero-order valence-electron chi connectivity index (χ0n) is 11.2. The lowest BCUT2D eigenvalue weighted by Crippen LogP contribution is -2.28. The molecule has 0 spiro atoms. The van der Waals surface area contributed by atoms with E-state index in [1.165, 1.54) is 11.0 Å². The summed E-state index contributed by atoms with van der Waals surface area (Å²) >= 11 is 0. The second-order valence-corrected chi connectivity index (χ2v) is 4.62. The fourth-order valence-electron chi connectivity index (χ4n) is 1.93. The van der Waals surface area contributed by atoms with Crippen LogP contribution < -0.4 is 0 Å². The van der Waals surface area contributed by atoms with Gasteiger partial charge in [-0.25, -0.2) is 4.39 Å². The molecule has 2 rings (SSSR count). The van der Waals surface area contributed by atoms with Gasteiger partial charge < -0.3 is 10.0 Å². The van der Waals surface area contributed by atoms with Gasteiger partial charge in [0, 0.05) is 19.7 Å². The summed E-state index contributed by atoms with van der Waals surface area (Å²) in [5.74, 6) is -1.22. The first-order valence-electron chi connectivity index (χ1n) is 6.36. The van der Waals surface area contributed by atoms with E-state index in [0.717, 1.165) is 24.1 Å². The van der Waals surface area contributed by atoms with Gasteiger partial charge in [0.1, 0.15) is 11.6 Å². The summed E-state index contributed by atoms with van der Waals surface area (Å²) in [6, 6.07) is 13.2. The molecule has 2 aromatic carbocycles. The molecule has 4 heteroatoms. The number of halogens is 1. The van der Waals surface area contributed by atoms with E-state index in [0.29, 0.717) is 6.54 Å². The van der Waals surface area contributed by atoms with Crippen molar-refractivity contribution in [1.82, 2.24) is 4.90 Å². The fourth-order valence-corrected chi connectivity index (χ4v) is 1.93. The Morgan fingerprint density at radius 3 is 2.55 bits per heavy atom. The van der Waals surface area contributed by atoms with Crippen molar-refractivity contribution in [3.05, 3.63) is 65.5 Å². The van der Waals surface area contributed by atoms with Gasteiger partial charge in [-0.15, -0.1) is 0 Å². The molecule has 1 N–H and O–H groups in total. The molecule has 0 aliphatic heterocycles. The number of benzene rings is 2. The van der Waals surface area contributed by atoms with Crippen LogP contribution in [0.25, 0.3) is 0 Å². The zero-order valence-corrected chi connectivity index (χ0v) is 11.2. The van der Waals surface area contributed by atoms with Crippen molar-refractivity contribution in [3.8, 4) is 5.75 Å². The highest BCUT2D eigenvalue weighted by atomic mass is 19.1. The first-order valence-corrected chi connectivity index (χ1v) is 6.36. The van der Waals surface area contributed by atoms with Gasteiger partial charge in [-0.1, -0.05) is 30.3 Å². The van der Waals surface area contributed by atoms with Gasteiger partial charge >= 0.3 is 0 Å². The second kappa shape index (κ2) is 6.19. The molecule has 2 aromatic rings. The maximum absolute atomic E-state index is 12.9. The van der Waals surface area contributed by atoms with Crippen molar-refractivity contribution < 1.29 is 14.3 Å². The Balaban J connectivity index is 2.01. The molecule has 1 amide bonds. The van der Waals surface area contributed by atoms with E-state index in [4.69, 9.17) is 0 Å². The van der Waals surface area contributed by atoms with Gasteiger partial charge in [0.2, 0.25) is 0 Å². The Kier molecular flexibility index (Phi) is 4.35.